The van der Waals surface area contributed by atoms with Crippen LogP contribution < -0.4 is 15.5 Å². The fourth-order valence-corrected chi connectivity index (χ4v) is 6.37. The smallest absolute Gasteiger partial charge is 0.285 e. The SMILES string of the molecule is C[C@H]([NH2+]C1C2CC3CC(C2)CC1C3)C(=O)N1CC(=O)Nc2ccccc21. The van der Waals surface area contributed by atoms with E-state index in [1.807, 2.05) is 31.2 Å². The van der Waals surface area contributed by atoms with Crippen LogP contribution in [-0.2, 0) is 9.59 Å². The second-order valence-electron chi connectivity index (χ2n) is 8.98. The number of hydrogen-bond donors (Lipinski definition) is 2. The Hall–Kier alpha value is -1.88. The molecule has 5 aliphatic rings. The number of carbonyl (C=O) groups excluding carboxylic acids is 2. The number of amides is 2. The molecule has 0 spiro atoms. The Morgan fingerprint density at radius 3 is 2.46 bits per heavy atom. The van der Waals surface area contributed by atoms with Gasteiger partial charge in [-0.2, -0.15) is 0 Å². The summed E-state index contributed by atoms with van der Waals surface area (Å²) in [7, 11) is 0. The van der Waals surface area contributed by atoms with Gasteiger partial charge in [0.2, 0.25) is 5.91 Å². The Morgan fingerprint density at radius 1 is 1.12 bits per heavy atom. The average molecular weight is 354 g/mol. The Balaban J connectivity index is 1.32. The first kappa shape index (κ1) is 16.3. The minimum atomic E-state index is -0.142. The van der Waals surface area contributed by atoms with Crippen molar-refractivity contribution in [3.8, 4) is 0 Å². The molecule has 0 radical (unpaired) electrons. The molecule has 4 aliphatic carbocycles. The average Bonchev–Trinajstić information content (AvgIpc) is 2.62. The van der Waals surface area contributed by atoms with Gasteiger partial charge in [-0.05, 0) is 63.0 Å². The number of rotatable bonds is 3. The zero-order chi connectivity index (χ0) is 17.8. The largest absolute Gasteiger partial charge is 0.333 e. The van der Waals surface area contributed by atoms with E-state index in [2.05, 4.69) is 10.6 Å². The van der Waals surface area contributed by atoms with Crippen LogP contribution >= 0.6 is 0 Å². The Kier molecular flexibility index (Phi) is 3.82. The first-order valence-corrected chi connectivity index (χ1v) is 10.1. The van der Waals surface area contributed by atoms with Crippen LogP contribution in [0.3, 0.4) is 0 Å². The van der Waals surface area contributed by atoms with Gasteiger partial charge in [-0.3, -0.25) is 14.5 Å². The molecule has 0 saturated heterocycles. The number of carbonyl (C=O) groups is 2. The number of nitrogens with zero attached hydrogens (tertiary/aromatic N) is 1. The molecule has 1 heterocycles. The lowest BCUT2D eigenvalue weighted by Gasteiger charge is -2.53. The summed E-state index contributed by atoms with van der Waals surface area (Å²) >= 11 is 0. The van der Waals surface area contributed by atoms with Gasteiger partial charge in [0.1, 0.15) is 6.54 Å². The van der Waals surface area contributed by atoms with Crippen LogP contribution in [0.2, 0.25) is 0 Å². The first-order chi connectivity index (χ1) is 12.6. The lowest BCUT2D eigenvalue weighted by Crippen LogP contribution is -3.00. The van der Waals surface area contributed by atoms with Gasteiger partial charge in [0.25, 0.3) is 5.91 Å². The van der Waals surface area contributed by atoms with Gasteiger partial charge in [0, 0.05) is 11.8 Å². The van der Waals surface area contributed by atoms with Crippen LogP contribution in [0.5, 0.6) is 0 Å². The number of nitrogens with one attached hydrogen (secondary N) is 1. The van der Waals surface area contributed by atoms with Gasteiger partial charge < -0.3 is 10.6 Å². The van der Waals surface area contributed by atoms with E-state index in [0.29, 0.717) is 6.04 Å². The van der Waals surface area contributed by atoms with Crippen LogP contribution in [0.25, 0.3) is 0 Å². The quantitative estimate of drug-likeness (QED) is 0.868. The standard InChI is InChI=1S/C21H27N3O2/c1-12(22-20-15-7-13-6-14(9-15)10-16(20)8-13)21(26)24-11-19(25)23-17-4-2-3-5-18(17)24/h2-5,12-16,20,22H,6-11H2,1H3,(H,23,25)/p+1/t12-,13?,14?,15?,16?,20?/m0/s1. The summed E-state index contributed by atoms with van der Waals surface area (Å²) in [5, 5.41) is 5.20. The molecule has 1 aromatic carbocycles. The molecule has 2 amide bonds. The van der Waals surface area contributed by atoms with Gasteiger partial charge in [0.15, 0.2) is 6.04 Å². The molecule has 1 aliphatic heterocycles. The van der Waals surface area contributed by atoms with E-state index in [9.17, 15) is 9.59 Å². The van der Waals surface area contributed by atoms with E-state index in [1.165, 1.54) is 32.1 Å². The molecule has 26 heavy (non-hydrogen) atoms. The summed E-state index contributed by atoms with van der Waals surface area (Å²) in [6.45, 7) is 2.14. The van der Waals surface area contributed by atoms with Crippen LogP contribution in [0.4, 0.5) is 11.4 Å². The highest BCUT2D eigenvalue weighted by atomic mass is 16.2. The predicted octanol–water partition coefficient (Wildman–Crippen LogP) is 1.75. The summed E-state index contributed by atoms with van der Waals surface area (Å²) in [4.78, 5) is 26.9. The van der Waals surface area contributed by atoms with E-state index in [1.54, 1.807) is 4.90 Å². The predicted molar refractivity (Wildman–Crippen MR) is 99.6 cm³/mol. The van der Waals surface area contributed by atoms with Gasteiger partial charge in [-0.25, -0.2) is 0 Å². The van der Waals surface area contributed by atoms with E-state index in [-0.39, 0.29) is 24.4 Å². The number of benzene rings is 1. The van der Waals surface area contributed by atoms with E-state index in [0.717, 1.165) is 35.0 Å². The number of fused-ring (bicyclic) bond motifs is 1. The molecule has 5 nitrogen and oxygen atoms in total. The maximum Gasteiger partial charge on any atom is 0.285 e. The third kappa shape index (κ3) is 2.64. The minimum Gasteiger partial charge on any atom is -0.333 e. The maximum absolute atomic E-state index is 13.2. The molecule has 3 N–H and O–H groups in total. The topological polar surface area (TPSA) is 66.0 Å². The molecule has 4 saturated carbocycles. The normalized spacial score (nSPS) is 35.8. The molecule has 6 rings (SSSR count). The van der Waals surface area contributed by atoms with Crippen LogP contribution in [-0.4, -0.2) is 30.4 Å². The molecule has 1 atom stereocenters. The number of anilines is 2. The fraction of sp³-hybridized carbons (Fsp3) is 0.619. The first-order valence-electron chi connectivity index (χ1n) is 10.1. The van der Waals surface area contributed by atoms with Crippen molar-refractivity contribution in [1.82, 2.24) is 0 Å². The molecule has 138 valence electrons. The van der Waals surface area contributed by atoms with Crippen molar-refractivity contribution in [2.75, 3.05) is 16.8 Å². The molecule has 4 bridgehead atoms. The van der Waals surface area contributed by atoms with Crippen LogP contribution in [0.1, 0.15) is 39.0 Å². The molecule has 0 unspecified atom stereocenters. The van der Waals surface area contributed by atoms with Crippen molar-refractivity contribution in [2.24, 2.45) is 23.7 Å². The van der Waals surface area contributed by atoms with Gasteiger partial charge in [-0.1, -0.05) is 12.1 Å². The second-order valence-corrected chi connectivity index (χ2v) is 8.98. The fourth-order valence-electron chi connectivity index (χ4n) is 6.37. The monoisotopic (exact) mass is 354 g/mol. The van der Waals surface area contributed by atoms with Gasteiger partial charge >= 0.3 is 0 Å². The van der Waals surface area contributed by atoms with Gasteiger partial charge in [-0.15, -0.1) is 0 Å². The third-order valence-corrected chi connectivity index (χ3v) is 7.24. The minimum absolute atomic E-state index is 0.0566. The Bertz CT molecular complexity index is 719. The van der Waals surface area contributed by atoms with Crippen molar-refractivity contribution >= 4 is 23.2 Å². The Morgan fingerprint density at radius 2 is 1.77 bits per heavy atom. The lowest BCUT2D eigenvalue weighted by molar-refractivity contribution is -0.725. The lowest BCUT2D eigenvalue weighted by atomic mass is 9.54. The van der Waals surface area contributed by atoms with E-state index >= 15 is 0 Å². The van der Waals surface area contributed by atoms with Crippen molar-refractivity contribution in [3.63, 3.8) is 0 Å². The molecule has 5 heteroatoms. The highest BCUT2D eigenvalue weighted by molar-refractivity contribution is 6.10. The highest BCUT2D eigenvalue weighted by Gasteiger charge is 2.51. The maximum atomic E-state index is 13.2. The zero-order valence-electron chi connectivity index (χ0n) is 15.4. The van der Waals surface area contributed by atoms with Crippen molar-refractivity contribution in [3.05, 3.63) is 24.3 Å². The molecule has 4 fully saturated rings. The van der Waals surface area contributed by atoms with Crippen molar-refractivity contribution in [2.45, 2.75) is 51.1 Å². The number of nitrogens with two attached hydrogens (primary N) is 1. The zero-order valence-corrected chi connectivity index (χ0v) is 15.4. The molecular formula is C21H28N3O2+. The molecular weight excluding hydrogens is 326 g/mol. The van der Waals surface area contributed by atoms with Crippen LogP contribution in [0, 0.1) is 23.7 Å². The summed E-state index contributed by atoms with van der Waals surface area (Å²) in [5.41, 5.74) is 1.56. The summed E-state index contributed by atoms with van der Waals surface area (Å²) in [5.74, 6) is 3.42. The summed E-state index contributed by atoms with van der Waals surface area (Å²) in [6.07, 6.45) is 6.91. The third-order valence-electron chi connectivity index (χ3n) is 7.24. The molecule has 0 aromatic heterocycles. The Labute approximate surface area is 154 Å². The van der Waals surface area contributed by atoms with Crippen LogP contribution in [0.15, 0.2) is 24.3 Å². The van der Waals surface area contributed by atoms with Crippen molar-refractivity contribution in [1.29, 1.82) is 0 Å². The van der Waals surface area contributed by atoms with E-state index < -0.39 is 0 Å². The summed E-state index contributed by atoms with van der Waals surface area (Å²) in [6, 6.07) is 8.04. The van der Waals surface area contributed by atoms with Crippen molar-refractivity contribution < 1.29 is 14.9 Å². The second kappa shape index (κ2) is 6.08. The molecule has 1 aromatic rings. The highest BCUT2D eigenvalue weighted by Crippen LogP contribution is 2.52. The van der Waals surface area contributed by atoms with E-state index in [4.69, 9.17) is 0 Å². The summed E-state index contributed by atoms with van der Waals surface area (Å²) < 4.78 is 0. The number of hydrogen-bond acceptors (Lipinski definition) is 2. The number of quaternary nitrogens is 1. The van der Waals surface area contributed by atoms with Gasteiger partial charge in [0.05, 0.1) is 17.4 Å². The number of para-hydroxylation sites is 2.